The summed E-state index contributed by atoms with van der Waals surface area (Å²) in [4.78, 5) is 25.0. The van der Waals surface area contributed by atoms with Crippen molar-refractivity contribution in [1.82, 2.24) is 25.1 Å². The fourth-order valence-corrected chi connectivity index (χ4v) is 5.78. The molecule has 0 bridgehead atoms. The number of fused-ring (bicyclic) bond motifs is 2. The number of carbonyl (C=O) groups is 1. The molecule has 11 heteroatoms. The van der Waals surface area contributed by atoms with E-state index in [4.69, 9.17) is 4.74 Å². The lowest BCUT2D eigenvalue weighted by Crippen LogP contribution is -2.54. The molecular weight excluding hydrogens is 501 g/mol. The highest BCUT2D eigenvalue weighted by Crippen LogP contribution is 2.32. The molecule has 1 saturated heterocycles. The van der Waals surface area contributed by atoms with Gasteiger partial charge >= 0.3 is 6.01 Å². The topological polar surface area (TPSA) is 117 Å². The van der Waals surface area contributed by atoms with E-state index in [2.05, 4.69) is 44.4 Å². The quantitative estimate of drug-likeness (QED) is 0.358. The Hall–Kier alpha value is -3.83. The number of ether oxygens (including phenoxy) is 1. The molecule has 1 aliphatic heterocycles. The molecule has 6 rings (SSSR count). The van der Waals surface area contributed by atoms with Crippen LogP contribution < -0.4 is 20.3 Å². The number of nitrogens with zero attached hydrogens (tertiary/aromatic N) is 5. The number of carbonyl (C=O) groups excluding carboxylic acids is 1. The number of anilines is 2. The van der Waals surface area contributed by atoms with Gasteiger partial charge in [0.1, 0.15) is 11.6 Å². The number of aliphatic hydroxyl groups is 1. The number of rotatable bonds is 5. The summed E-state index contributed by atoms with van der Waals surface area (Å²) in [7, 11) is 1.72. The fraction of sp³-hybridized carbons (Fsp3) is 0.429. The van der Waals surface area contributed by atoms with Gasteiger partial charge in [-0.2, -0.15) is 10.1 Å². The number of hydrogen-bond donors (Lipinski definition) is 3. The second-order valence-corrected chi connectivity index (χ2v) is 10.8. The van der Waals surface area contributed by atoms with Crippen molar-refractivity contribution in [2.24, 2.45) is 7.05 Å². The van der Waals surface area contributed by atoms with Gasteiger partial charge < -0.3 is 25.4 Å². The molecule has 4 aromatic rings. The smallest absolute Gasteiger partial charge is 0.317 e. The van der Waals surface area contributed by atoms with E-state index >= 15 is 0 Å². The lowest BCUT2D eigenvalue weighted by Gasteiger charge is -2.38. The first kappa shape index (κ1) is 25.4. The first-order chi connectivity index (χ1) is 18.7. The van der Waals surface area contributed by atoms with Crippen molar-refractivity contribution < 1.29 is 19.0 Å². The molecule has 4 unspecified atom stereocenters. The molecule has 1 amide bonds. The maximum Gasteiger partial charge on any atom is 0.317 e. The number of halogens is 1. The Morgan fingerprint density at radius 2 is 1.97 bits per heavy atom. The van der Waals surface area contributed by atoms with Crippen LogP contribution in [0.4, 0.5) is 15.8 Å². The first-order valence-corrected chi connectivity index (χ1v) is 13.3. The number of aromatic nitrogens is 4. The molecule has 0 radical (unpaired) electrons. The lowest BCUT2D eigenvalue weighted by atomic mass is 10.0. The molecule has 2 aromatic heterocycles. The van der Waals surface area contributed by atoms with Crippen molar-refractivity contribution in [1.29, 1.82) is 0 Å². The summed E-state index contributed by atoms with van der Waals surface area (Å²) in [6, 6.07) is 7.38. The summed E-state index contributed by atoms with van der Waals surface area (Å²) in [6.07, 6.45) is 4.74. The summed E-state index contributed by atoms with van der Waals surface area (Å²) < 4.78 is 22.2. The maximum absolute atomic E-state index is 14.7. The number of aliphatic hydroxyl groups excluding tert-OH is 1. The minimum absolute atomic E-state index is 0.165. The Bertz CT molecular complexity index is 1550. The van der Waals surface area contributed by atoms with Gasteiger partial charge in [-0.15, -0.1) is 0 Å². The van der Waals surface area contributed by atoms with Crippen molar-refractivity contribution in [3.8, 4) is 6.01 Å². The highest BCUT2D eigenvalue weighted by molar-refractivity contribution is 6.14. The molecule has 4 atom stereocenters. The molecule has 2 fully saturated rings. The minimum atomic E-state index is -0.512. The molecule has 1 saturated carbocycles. The zero-order valence-electron chi connectivity index (χ0n) is 22.2. The Balaban J connectivity index is 1.38. The first-order valence-electron chi connectivity index (χ1n) is 13.3. The Kier molecular flexibility index (Phi) is 6.56. The van der Waals surface area contributed by atoms with Crippen molar-refractivity contribution in [2.45, 2.75) is 57.4 Å². The Morgan fingerprint density at radius 1 is 1.18 bits per heavy atom. The van der Waals surface area contributed by atoms with Crippen LogP contribution in [0.15, 0.2) is 36.7 Å². The lowest BCUT2D eigenvalue weighted by molar-refractivity contribution is 0.102. The molecule has 39 heavy (non-hydrogen) atoms. The summed E-state index contributed by atoms with van der Waals surface area (Å²) in [5.41, 5.74) is 2.29. The number of hydrogen-bond acceptors (Lipinski definition) is 8. The van der Waals surface area contributed by atoms with E-state index in [-0.39, 0.29) is 17.6 Å². The largest absolute Gasteiger partial charge is 0.460 e. The summed E-state index contributed by atoms with van der Waals surface area (Å²) in [6.45, 7) is 5.88. The molecule has 0 spiro atoms. The van der Waals surface area contributed by atoms with Crippen LogP contribution in [-0.4, -0.2) is 68.1 Å². The van der Waals surface area contributed by atoms with E-state index in [0.717, 1.165) is 30.6 Å². The monoisotopic (exact) mass is 533 g/mol. The number of piperazine rings is 1. The standard InChI is InChI=1S/C28H32FN7O3/c1-15-12-36(13-16(2)31-15)24-7-6-21(26-22(24)11-30-28(33-26)39-20-5-4-19(37)10-20)27(38)32-18-8-17-14-35(3)34-25(17)23(29)9-18/h6-9,11,14-16,19-20,31,37H,4-5,10,12-13H2,1-3H3,(H,32,38). The van der Waals surface area contributed by atoms with Gasteiger partial charge in [-0.1, -0.05) is 0 Å². The molecule has 1 aliphatic carbocycles. The molecular formula is C28H32FN7O3. The molecule has 2 aromatic carbocycles. The number of benzene rings is 2. The predicted molar refractivity (Wildman–Crippen MR) is 147 cm³/mol. The van der Waals surface area contributed by atoms with Crippen LogP contribution in [0.2, 0.25) is 0 Å². The van der Waals surface area contributed by atoms with Crippen LogP contribution in [0.1, 0.15) is 43.5 Å². The normalized spacial score (nSPS) is 23.5. The van der Waals surface area contributed by atoms with E-state index in [0.29, 0.717) is 47.1 Å². The van der Waals surface area contributed by atoms with Gasteiger partial charge in [0.2, 0.25) is 0 Å². The van der Waals surface area contributed by atoms with Crippen LogP contribution in [-0.2, 0) is 7.05 Å². The summed E-state index contributed by atoms with van der Waals surface area (Å²) in [5.74, 6) is -0.931. The van der Waals surface area contributed by atoms with E-state index in [1.54, 1.807) is 31.6 Å². The third-order valence-corrected chi connectivity index (χ3v) is 7.41. The van der Waals surface area contributed by atoms with Gasteiger partial charge in [0.05, 0.1) is 17.2 Å². The average Bonchev–Trinajstić information content (AvgIpc) is 3.47. The average molecular weight is 534 g/mol. The van der Waals surface area contributed by atoms with Gasteiger partial charge in [0, 0.05) is 73.2 Å². The zero-order chi connectivity index (χ0) is 27.3. The predicted octanol–water partition coefficient (Wildman–Crippen LogP) is 3.39. The molecule has 204 valence electrons. The van der Waals surface area contributed by atoms with Crippen LogP contribution in [0.3, 0.4) is 0 Å². The van der Waals surface area contributed by atoms with Crippen molar-refractivity contribution >= 4 is 39.1 Å². The van der Waals surface area contributed by atoms with E-state index in [1.165, 1.54) is 10.7 Å². The highest BCUT2D eigenvalue weighted by atomic mass is 19.1. The Labute approximate surface area is 225 Å². The third-order valence-electron chi connectivity index (χ3n) is 7.41. The minimum Gasteiger partial charge on any atom is -0.460 e. The summed E-state index contributed by atoms with van der Waals surface area (Å²) in [5, 5.41) is 21.7. The van der Waals surface area contributed by atoms with E-state index in [1.807, 2.05) is 6.07 Å². The van der Waals surface area contributed by atoms with Gasteiger partial charge in [-0.05, 0) is 51.0 Å². The van der Waals surface area contributed by atoms with Gasteiger partial charge in [0.25, 0.3) is 5.91 Å². The zero-order valence-corrected chi connectivity index (χ0v) is 22.2. The SMILES string of the molecule is CC1CN(c2ccc(C(=O)Nc3cc(F)c4nn(C)cc4c3)c3nc(OC4CCC(O)C4)ncc23)CC(C)N1. The highest BCUT2D eigenvalue weighted by Gasteiger charge is 2.27. The van der Waals surface area contributed by atoms with Crippen molar-refractivity contribution in [2.75, 3.05) is 23.3 Å². The summed E-state index contributed by atoms with van der Waals surface area (Å²) >= 11 is 0. The molecule has 3 N–H and O–H groups in total. The van der Waals surface area contributed by atoms with E-state index in [9.17, 15) is 14.3 Å². The van der Waals surface area contributed by atoms with Gasteiger partial charge in [0.15, 0.2) is 5.82 Å². The second-order valence-electron chi connectivity index (χ2n) is 10.8. The van der Waals surface area contributed by atoms with Crippen molar-refractivity contribution in [3.63, 3.8) is 0 Å². The molecule has 2 aliphatic rings. The Morgan fingerprint density at radius 3 is 2.72 bits per heavy atom. The maximum atomic E-state index is 14.7. The van der Waals surface area contributed by atoms with Crippen molar-refractivity contribution in [3.05, 3.63) is 48.0 Å². The van der Waals surface area contributed by atoms with Crippen LogP contribution in [0.25, 0.3) is 21.8 Å². The number of aryl methyl sites for hydroxylation is 1. The number of nitrogens with one attached hydrogen (secondary N) is 2. The molecule has 10 nitrogen and oxygen atoms in total. The molecule has 3 heterocycles. The van der Waals surface area contributed by atoms with Gasteiger partial charge in [-0.3, -0.25) is 9.48 Å². The van der Waals surface area contributed by atoms with Crippen LogP contribution in [0.5, 0.6) is 6.01 Å². The third kappa shape index (κ3) is 5.11. The fourth-order valence-electron chi connectivity index (χ4n) is 5.78. The van der Waals surface area contributed by atoms with Crippen LogP contribution >= 0.6 is 0 Å². The number of amides is 1. The second kappa shape index (κ2) is 10.0. The van der Waals surface area contributed by atoms with Gasteiger partial charge in [-0.25, -0.2) is 9.37 Å². The van der Waals surface area contributed by atoms with Crippen LogP contribution in [0, 0.1) is 5.82 Å². The van der Waals surface area contributed by atoms with E-state index < -0.39 is 17.8 Å².